The fourth-order valence-corrected chi connectivity index (χ4v) is 1.45. The molecule has 2 amide bonds. The van der Waals surface area contributed by atoms with E-state index in [0.29, 0.717) is 5.69 Å². The van der Waals surface area contributed by atoms with Crippen LogP contribution >= 0.6 is 12.2 Å². The van der Waals surface area contributed by atoms with E-state index in [4.69, 9.17) is 5.73 Å². The molecule has 0 aliphatic carbocycles. The molecule has 1 rings (SSSR count). The van der Waals surface area contributed by atoms with Crippen LogP contribution in [0.5, 0.6) is 0 Å². The molecule has 0 radical (unpaired) electrons. The molecule has 5 nitrogen and oxygen atoms in total. The number of amides is 2. The van der Waals surface area contributed by atoms with Gasteiger partial charge in [-0.1, -0.05) is 29.9 Å². The van der Waals surface area contributed by atoms with Crippen LogP contribution in [0.1, 0.15) is 11.1 Å². The number of aryl methyl sites for hydroxylation is 2. The molecule has 0 unspecified atom stereocenters. The van der Waals surface area contributed by atoms with Crippen molar-refractivity contribution in [2.75, 3.05) is 11.9 Å². The normalized spacial score (nSPS) is 9.67. The fourth-order valence-electron chi connectivity index (χ4n) is 1.38. The molecule has 0 saturated heterocycles. The van der Waals surface area contributed by atoms with Crippen molar-refractivity contribution < 1.29 is 9.59 Å². The zero-order valence-corrected chi connectivity index (χ0v) is 11.1. The van der Waals surface area contributed by atoms with Crippen molar-refractivity contribution in [2.45, 2.75) is 13.8 Å². The van der Waals surface area contributed by atoms with E-state index in [9.17, 15) is 9.59 Å². The fraction of sp³-hybridized carbons (Fsp3) is 0.250. The Labute approximate surface area is 111 Å². The largest absolute Gasteiger partial charge is 0.392 e. The third-order valence-electron chi connectivity index (χ3n) is 2.26. The predicted octanol–water partition coefficient (Wildman–Crippen LogP) is 0.644. The molecule has 0 saturated carbocycles. The van der Waals surface area contributed by atoms with E-state index in [0.717, 1.165) is 11.1 Å². The van der Waals surface area contributed by atoms with Crippen LogP contribution in [0.2, 0.25) is 0 Å². The summed E-state index contributed by atoms with van der Waals surface area (Å²) in [5, 5.41) is 4.84. The van der Waals surface area contributed by atoms with Crippen LogP contribution in [0.15, 0.2) is 18.2 Å². The summed E-state index contributed by atoms with van der Waals surface area (Å²) >= 11 is 4.60. The Hall–Kier alpha value is -1.95. The SMILES string of the molecule is Cc1ccc(NC(=O)C(=O)NCC(N)=S)c(C)c1. The van der Waals surface area contributed by atoms with E-state index in [1.165, 1.54) is 0 Å². The summed E-state index contributed by atoms with van der Waals surface area (Å²) in [6.07, 6.45) is 0. The van der Waals surface area contributed by atoms with E-state index in [2.05, 4.69) is 22.9 Å². The van der Waals surface area contributed by atoms with Crippen molar-refractivity contribution in [3.8, 4) is 0 Å². The summed E-state index contributed by atoms with van der Waals surface area (Å²) in [5.41, 5.74) is 7.81. The summed E-state index contributed by atoms with van der Waals surface area (Å²) in [7, 11) is 0. The topological polar surface area (TPSA) is 84.2 Å². The Bertz CT molecular complexity index is 500. The van der Waals surface area contributed by atoms with Gasteiger partial charge in [-0.25, -0.2) is 0 Å². The molecule has 1 aromatic carbocycles. The van der Waals surface area contributed by atoms with Gasteiger partial charge >= 0.3 is 11.8 Å². The summed E-state index contributed by atoms with van der Waals surface area (Å²) < 4.78 is 0. The maximum atomic E-state index is 11.6. The number of nitrogens with two attached hydrogens (primary N) is 1. The first-order valence-electron chi connectivity index (χ1n) is 5.35. The standard InChI is InChI=1S/C12H15N3O2S/c1-7-3-4-9(8(2)5-7)15-12(17)11(16)14-6-10(13)18/h3-5H,6H2,1-2H3,(H2,13,18)(H,14,16)(H,15,17). The highest BCUT2D eigenvalue weighted by molar-refractivity contribution is 7.80. The average Bonchev–Trinajstić information content (AvgIpc) is 2.29. The van der Waals surface area contributed by atoms with Crippen molar-refractivity contribution in [1.82, 2.24) is 5.32 Å². The molecule has 4 N–H and O–H groups in total. The molecule has 96 valence electrons. The Morgan fingerprint density at radius 1 is 1.28 bits per heavy atom. The molecule has 0 atom stereocenters. The molecule has 0 fully saturated rings. The lowest BCUT2D eigenvalue weighted by atomic mass is 10.1. The zero-order valence-electron chi connectivity index (χ0n) is 10.2. The molecule has 0 spiro atoms. The van der Waals surface area contributed by atoms with Crippen molar-refractivity contribution in [3.05, 3.63) is 29.3 Å². The minimum atomic E-state index is -0.761. The van der Waals surface area contributed by atoms with Crippen LogP contribution in [-0.2, 0) is 9.59 Å². The van der Waals surface area contributed by atoms with E-state index < -0.39 is 11.8 Å². The van der Waals surface area contributed by atoms with Gasteiger partial charge in [0.25, 0.3) is 0 Å². The Morgan fingerprint density at radius 2 is 1.94 bits per heavy atom. The molecule has 0 aliphatic heterocycles. The smallest absolute Gasteiger partial charge is 0.313 e. The Kier molecular flexibility index (Phi) is 4.79. The van der Waals surface area contributed by atoms with Gasteiger partial charge in [0.15, 0.2) is 0 Å². The highest BCUT2D eigenvalue weighted by atomic mass is 32.1. The van der Waals surface area contributed by atoms with Gasteiger partial charge in [-0.3, -0.25) is 9.59 Å². The van der Waals surface area contributed by atoms with E-state index in [1.807, 2.05) is 26.0 Å². The predicted molar refractivity (Wildman–Crippen MR) is 74.3 cm³/mol. The quantitative estimate of drug-likeness (QED) is 0.553. The van der Waals surface area contributed by atoms with Gasteiger partial charge < -0.3 is 16.4 Å². The number of rotatable bonds is 3. The number of thiocarbonyl (C=S) groups is 1. The molecule has 18 heavy (non-hydrogen) atoms. The molecule has 6 heteroatoms. The molecular weight excluding hydrogens is 250 g/mol. The van der Waals surface area contributed by atoms with E-state index in [1.54, 1.807) is 6.07 Å². The number of carbonyl (C=O) groups excluding carboxylic acids is 2. The monoisotopic (exact) mass is 265 g/mol. The van der Waals surface area contributed by atoms with E-state index in [-0.39, 0.29) is 11.5 Å². The lowest BCUT2D eigenvalue weighted by molar-refractivity contribution is -0.135. The Balaban J connectivity index is 2.64. The lowest BCUT2D eigenvalue weighted by Gasteiger charge is -2.09. The zero-order chi connectivity index (χ0) is 13.7. The van der Waals surface area contributed by atoms with Gasteiger partial charge in [0.1, 0.15) is 0 Å². The van der Waals surface area contributed by atoms with Gasteiger partial charge in [0.2, 0.25) is 0 Å². The van der Waals surface area contributed by atoms with Gasteiger partial charge in [-0.15, -0.1) is 0 Å². The van der Waals surface area contributed by atoms with E-state index >= 15 is 0 Å². The number of nitrogens with one attached hydrogen (secondary N) is 2. The van der Waals surface area contributed by atoms with Crippen LogP contribution < -0.4 is 16.4 Å². The minimum Gasteiger partial charge on any atom is -0.392 e. The summed E-state index contributed by atoms with van der Waals surface area (Å²) in [6.45, 7) is 3.82. The lowest BCUT2D eigenvalue weighted by Crippen LogP contribution is -2.39. The first-order chi connectivity index (χ1) is 8.40. The Morgan fingerprint density at radius 3 is 2.50 bits per heavy atom. The number of anilines is 1. The van der Waals surface area contributed by atoms with Crippen LogP contribution in [0.4, 0.5) is 5.69 Å². The summed E-state index contributed by atoms with van der Waals surface area (Å²) in [6, 6.07) is 5.53. The van der Waals surface area contributed by atoms with Gasteiger partial charge in [-0.2, -0.15) is 0 Å². The number of carbonyl (C=O) groups is 2. The number of hydrogen-bond donors (Lipinski definition) is 3. The molecular formula is C12H15N3O2S. The molecule has 0 heterocycles. The van der Waals surface area contributed by atoms with Crippen LogP contribution in [0.25, 0.3) is 0 Å². The summed E-state index contributed by atoms with van der Waals surface area (Å²) in [5.74, 6) is -1.50. The van der Waals surface area contributed by atoms with Crippen molar-refractivity contribution in [3.63, 3.8) is 0 Å². The third-order valence-corrected chi connectivity index (χ3v) is 2.40. The second-order valence-corrected chi connectivity index (χ2v) is 4.45. The first-order valence-corrected chi connectivity index (χ1v) is 5.75. The molecule has 0 aromatic heterocycles. The van der Waals surface area contributed by atoms with Crippen molar-refractivity contribution in [1.29, 1.82) is 0 Å². The van der Waals surface area contributed by atoms with Gasteiger partial charge in [-0.05, 0) is 25.5 Å². The second kappa shape index (κ2) is 6.11. The highest BCUT2D eigenvalue weighted by Crippen LogP contribution is 2.15. The van der Waals surface area contributed by atoms with Gasteiger partial charge in [0.05, 0.1) is 11.5 Å². The molecule has 1 aromatic rings. The second-order valence-electron chi connectivity index (χ2n) is 3.92. The molecule has 0 bridgehead atoms. The van der Waals surface area contributed by atoms with Crippen LogP contribution in [0.3, 0.4) is 0 Å². The molecule has 0 aliphatic rings. The van der Waals surface area contributed by atoms with Crippen molar-refractivity contribution >= 4 is 34.7 Å². The maximum absolute atomic E-state index is 11.6. The van der Waals surface area contributed by atoms with Gasteiger partial charge in [0, 0.05) is 5.69 Å². The maximum Gasteiger partial charge on any atom is 0.313 e. The van der Waals surface area contributed by atoms with Crippen LogP contribution in [0, 0.1) is 13.8 Å². The van der Waals surface area contributed by atoms with Crippen molar-refractivity contribution in [2.24, 2.45) is 5.73 Å². The first kappa shape index (κ1) is 14.1. The third kappa shape index (κ3) is 4.14. The number of hydrogen-bond acceptors (Lipinski definition) is 3. The number of benzene rings is 1. The highest BCUT2D eigenvalue weighted by Gasteiger charge is 2.14. The average molecular weight is 265 g/mol. The van der Waals surface area contributed by atoms with Crippen LogP contribution in [-0.4, -0.2) is 23.3 Å². The minimum absolute atomic E-state index is 0.00840. The summed E-state index contributed by atoms with van der Waals surface area (Å²) in [4.78, 5) is 23.1.